The summed E-state index contributed by atoms with van der Waals surface area (Å²) in [6.07, 6.45) is -1.97. The van der Waals surface area contributed by atoms with E-state index in [4.69, 9.17) is 17.3 Å². The minimum absolute atomic E-state index is 0.0157. The van der Waals surface area contributed by atoms with Gasteiger partial charge in [-0.3, -0.25) is 0 Å². The monoisotopic (exact) mass is 292 g/mol. The second-order valence-corrected chi connectivity index (χ2v) is 5.20. The van der Waals surface area contributed by atoms with E-state index in [-0.39, 0.29) is 6.04 Å². The van der Waals surface area contributed by atoms with Crippen LogP contribution >= 0.6 is 11.6 Å². The average Bonchev–Trinajstić information content (AvgIpc) is 3.12. The zero-order valence-corrected chi connectivity index (χ0v) is 11.1. The van der Waals surface area contributed by atoms with Gasteiger partial charge in [-0.05, 0) is 43.5 Å². The van der Waals surface area contributed by atoms with Crippen molar-refractivity contribution in [1.82, 2.24) is 0 Å². The van der Waals surface area contributed by atoms with Gasteiger partial charge in [0.25, 0.3) is 0 Å². The molecule has 106 valence electrons. The summed E-state index contributed by atoms with van der Waals surface area (Å²) in [6.45, 7) is -0.460. The molecule has 1 aliphatic carbocycles. The van der Waals surface area contributed by atoms with Crippen molar-refractivity contribution >= 4 is 17.3 Å². The number of nitrogens with zero attached hydrogens (tertiary/aromatic N) is 1. The zero-order valence-electron chi connectivity index (χ0n) is 10.4. The Morgan fingerprint density at radius 1 is 1.32 bits per heavy atom. The SMILES string of the molecule is NCCc1ccc(N(CC(F)(F)F)C2CC2)cc1Cl. The second kappa shape index (κ2) is 5.59. The molecule has 2 nitrogen and oxygen atoms in total. The normalized spacial score (nSPS) is 15.6. The lowest BCUT2D eigenvalue weighted by Crippen LogP contribution is -2.36. The molecule has 0 bridgehead atoms. The molecular formula is C13H16ClF3N2. The van der Waals surface area contributed by atoms with Crippen molar-refractivity contribution in [2.45, 2.75) is 31.5 Å². The summed E-state index contributed by atoms with van der Waals surface area (Å²) in [5.41, 5.74) is 6.85. The molecule has 6 heteroatoms. The molecule has 19 heavy (non-hydrogen) atoms. The fraction of sp³-hybridized carbons (Fsp3) is 0.538. The third-order valence-corrected chi connectivity index (χ3v) is 3.47. The molecule has 1 saturated carbocycles. The predicted octanol–water partition coefficient (Wildman–Crippen LogP) is 3.37. The van der Waals surface area contributed by atoms with E-state index >= 15 is 0 Å². The maximum absolute atomic E-state index is 12.6. The zero-order chi connectivity index (χ0) is 14.0. The number of hydrogen-bond donors (Lipinski definition) is 1. The molecule has 0 aliphatic heterocycles. The van der Waals surface area contributed by atoms with Crippen molar-refractivity contribution in [3.8, 4) is 0 Å². The lowest BCUT2D eigenvalue weighted by molar-refractivity contribution is -0.120. The number of rotatable bonds is 5. The van der Waals surface area contributed by atoms with Gasteiger partial charge >= 0.3 is 6.18 Å². The molecule has 1 fully saturated rings. The number of anilines is 1. The van der Waals surface area contributed by atoms with Gasteiger partial charge in [-0.1, -0.05) is 17.7 Å². The molecular weight excluding hydrogens is 277 g/mol. The Morgan fingerprint density at radius 3 is 2.47 bits per heavy atom. The highest BCUT2D eigenvalue weighted by Gasteiger charge is 2.38. The Balaban J connectivity index is 2.20. The summed E-state index contributed by atoms with van der Waals surface area (Å²) in [7, 11) is 0. The maximum atomic E-state index is 12.6. The van der Waals surface area contributed by atoms with Crippen molar-refractivity contribution in [3.63, 3.8) is 0 Å². The van der Waals surface area contributed by atoms with Crippen molar-refractivity contribution in [1.29, 1.82) is 0 Å². The first-order valence-corrected chi connectivity index (χ1v) is 6.60. The predicted molar refractivity (Wildman–Crippen MR) is 70.6 cm³/mol. The van der Waals surface area contributed by atoms with Crippen molar-refractivity contribution in [2.24, 2.45) is 5.73 Å². The van der Waals surface area contributed by atoms with Crippen LogP contribution in [0.25, 0.3) is 0 Å². The van der Waals surface area contributed by atoms with Gasteiger partial charge in [0, 0.05) is 16.8 Å². The summed E-state index contributed by atoms with van der Waals surface area (Å²) >= 11 is 6.09. The summed E-state index contributed by atoms with van der Waals surface area (Å²) in [5.74, 6) is 0. The van der Waals surface area contributed by atoms with Gasteiger partial charge in [-0.15, -0.1) is 0 Å². The van der Waals surface area contributed by atoms with E-state index in [0.717, 1.165) is 18.4 Å². The lowest BCUT2D eigenvalue weighted by Gasteiger charge is -2.26. The molecule has 0 aromatic heterocycles. The molecule has 0 unspecified atom stereocenters. The van der Waals surface area contributed by atoms with Crippen LogP contribution in [-0.4, -0.2) is 25.3 Å². The van der Waals surface area contributed by atoms with E-state index in [1.54, 1.807) is 18.2 Å². The van der Waals surface area contributed by atoms with Gasteiger partial charge in [-0.25, -0.2) is 0 Å². The average molecular weight is 293 g/mol. The molecule has 0 atom stereocenters. The molecule has 2 rings (SSSR count). The van der Waals surface area contributed by atoms with E-state index in [9.17, 15) is 13.2 Å². The summed E-state index contributed by atoms with van der Waals surface area (Å²) in [4.78, 5) is 1.39. The van der Waals surface area contributed by atoms with Gasteiger partial charge in [0.1, 0.15) is 6.54 Å². The van der Waals surface area contributed by atoms with Crippen molar-refractivity contribution < 1.29 is 13.2 Å². The van der Waals surface area contributed by atoms with E-state index in [1.807, 2.05) is 0 Å². The Labute approximate surface area is 115 Å². The second-order valence-electron chi connectivity index (χ2n) is 4.79. The molecule has 0 heterocycles. The smallest absolute Gasteiger partial charge is 0.359 e. The Hall–Kier alpha value is -0.940. The van der Waals surface area contributed by atoms with Crippen LogP contribution in [0.1, 0.15) is 18.4 Å². The minimum Gasteiger partial charge on any atom is -0.359 e. The Kier molecular flexibility index (Phi) is 4.26. The number of alkyl halides is 3. The highest BCUT2D eigenvalue weighted by atomic mass is 35.5. The first-order valence-electron chi connectivity index (χ1n) is 6.22. The fourth-order valence-corrected chi connectivity index (χ4v) is 2.35. The molecule has 1 aliphatic rings. The van der Waals surface area contributed by atoms with E-state index in [1.165, 1.54) is 4.90 Å². The van der Waals surface area contributed by atoms with Gasteiger partial charge in [0.15, 0.2) is 0 Å². The van der Waals surface area contributed by atoms with E-state index in [2.05, 4.69) is 0 Å². The first-order chi connectivity index (χ1) is 8.90. The van der Waals surface area contributed by atoms with E-state index < -0.39 is 12.7 Å². The van der Waals surface area contributed by atoms with Crippen LogP contribution in [-0.2, 0) is 6.42 Å². The number of benzene rings is 1. The third-order valence-electron chi connectivity index (χ3n) is 3.12. The third kappa shape index (κ3) is 4.01. The Morgan fingerprint density at radius 2 is 2.00 bits per heavy atom. The highest BCUT2D eigenvalue weighted by Crippen LogP contribution is 2.35. The van der Waals surface area contributed by atoms with Gasteiger partial charge in [0.2, 0.25) is 0 Å². The minimum atomic E-state index is -4.20. The quantitative estimate of drug-likeness (QED) is 0.901. The molecule has 0 radical (unpaired) electrons. The van der Waals surface area contributed by atoms with Gasteiger partial charge in [-0.2, -0.15) is 13.2 Å². The molecule has 1 aromatic carbocycles. The van der Waals surface area contributed by atoms with Gasteiger partial charge in [0.05, 0.1) is 0 Å². The number of halogens is 4. The largest absolute Gasteiger partial charge is 0.405 e. The molecule has 0 amide bonds. The molecule has 0 saturated heterocycles. The summed E-state index contributed by atoms with van der Waals surface area (Å²) < 4.78 is 37.8. The van der Waals surface area contributed by atoms with Crippen LogP contribution in [0.4, 0.5) is 18.9 Å². The first kappa shape index (κ1) is 14.5. The number of hydrogen-bond acceptors (Lipinski definition) is 2. The van der Waals surface area contributed by atoms with Crippen LogP contribution < -0.4 is 10.6 Å². The van der Waals surface area contributed by atoms with Crippen LogP contribution in [0.3, 0.4) is 0 Å². The maximum Gasteiger partial charge on any atom is 0.405 e. The molecule has 0 spiro atoms. The van der Waals surface area contributed by atoms with Crippen LogP contribution in [0.15, 0.2) is 18.2 Å². The standard InChI is InChI=1S/C13H16ClF3N2/c14-12-7-11(2-1-9(12)5-6-18)19(10-3-4-10)8-13(15,16)17/h1-2,7,10H,3-6,8,18H2. The van der Waals surface area contributed by atoms with Crippen molar-refractivity contribution in [3.05, 3.63) is 28.8 Å². The molecule has 2 N–H and O–H groups in total. The molecule has 1 aromatic rings. The summed E-state index contributed by atoms with van der Waals surface area (Å²) in [5, 5.41) is 0.482. The fourth-order valence-electron chi connectivity index (χ4n) is 2.08. The van der Waals surface area contributed by atoms with Crippen LogP contribution in [0.2, 0.25) is 5.02 Å². The Bertz CT molecular complexity index is 444. The highest BCUT2D eigenvalue weighted by molar-refractivity contribution is 6.31. The summed E-state index contributed by atoms with van der Waals surface area (Å²) in [6, 6.07) is 5.05. The van der Waals surface area contributed by atoms with Crippen molar-refractivity contribution in [2.75, 3.05) is 18.0 Å². The van der Waals surface area contributed by atoms with Gasteiger partial charge < -0.3 is 10.6 Å². The topological polar surface area (TPSA) is 29.3 Å². The van der Waals surface area contributed by atoms with Crippen LogP contribution in [0, 0.1) is 0 Å². The van der Waals surface area contributed by atoms with E-state index in [0.29, 0.717) is 23.7 Å². The lowest BCUT2D eigenvalue weighted by atomic mass is 10.1. The van der Waals surface area contributed by atoms with Crippen LogP contribution in [0.5, 0.6) is 0 Å². The number of nitrogens with two attached hydrogens (primary N) is 1.